The molecule has 30 heavy (non-hydrogen) atoms. The number of pyridine rings is 2. The lowest BCUT2D eigenvalue weighted by Crippen LogP contribution is -1.89. The fourth-order valence-corrected chi connectivity index (χ4v) is 4.42. The molecule has 2 nitrogen and oxygen atoms in total. The van der Waals surface area contributed by atoms with Crippen molar-refractivity contribution in [2.75, 3.05) is 0 Å². The van der Waals surface area contributed by atoms with Crippen LogP contribution in [0.15, 0.2) is 109 Å². The van der Waals surface area contributed by atoms with Crippen LogP contribution < -0.4 is 0 Å². The van der Waals surface area contributed by atoms with Crippen molar-refractivity contribution >= 4 is 32.3 Å². The largest absolute Gasteiger partial charge is 0.255 e. The van der Waals surface area contributed by atoms with Gasteiger partial charge in [0.2, 0.25) is 0 Å². The summed E-state index contributed by atoms with van der Waals surface area (Å²) in [6.07, 6.45) is 3.76. The highest BCUT2D eigenvalue weighted by molar-refractivity contribution is 6.28. The van der Waals surface area contributed by atoms with E-state index in [2.05, 4.69) is 83.8 Å². The van der Waals surface area contributed by atoms with E-state index in [1.807, 2.05) is 24.4 Å². The SMILES string of the molecule is c1ccc(-c2ccc(-c3cccc4c5ccccc5c5ccccc5c34)cn2)nc1. The second-order valence-electron chi connectivity index (χ2n) is 7.47. The molecule has 0 fully saturated rings. The number of hydrogen-bond donors (Lipinski definition) is 0. The molecule has 0 atom stereocenters. The second-order valence-corrected chi connectivity index (χ2v) is 7.47. The minimum atomic E-state index is 0.884. The molecule has 140 valence electrons. The van der Waals surface area contributed by atoms with Crippen LogP contribution in [-0.2, 0) is 0 Å². The van der Waals surface area contributed by atoms with Crippen molar-refractivity contribution in [1.82, 2.24) is 9.97 Å². The summed E-state index contributed by atoms with van der Waals surface area (Å²) in [5.41, 5.74) is 4.09. The first-order chi connectivity index (χ1) is 14.9. The summed E-state index contributed by atoms with van der Waals surface area (Å²) in [5.74, 6) is 0. The van der Waals surface area contributed by atoms with Crippen molar-refractivity contribution in [3.63, 3.8) is 0 Å². The van der Waals surface area contributed by atoms with Gasteiger partial charge in [0, 0.05) is 18.0 Å². The molecule has 2 heteroatoms. The number of benzene rings is 4. The van der Waals surface area contributed by atoms with Crippen molar-refractivity contribution in [2.45, 2.75) is 0 Å². The molecule has 0 N–H and O–H groups in total. The summed E-state index contributed by atoms with van der Waals surface area (Å²) < 4.78 is 0. The zero-order chi connectivity index (χ0) is 19.9. The van der Waals surface area contributed by atoms with E-state index < -0.39 is 0 Å². The fourth-order valence-electron chi connectivity index (χ4n) is 4.42. The van der Waals surface area contributed by atoms with E-state index in [-0.39, 0.29) is 0 Å². The van der Waals surface area contributed by atoms with E-state index in [1.54, 1.807) is 6.20 Å². The second kappa shape index (κ2) is 6.78. The Bertz CT molecular complexity index is 1470. The molecular weight excluding hydrogens is 364 g/mol. The van der Waals surface area contributed by atoms with E-state index in [4.69, 9.17) is 4.98 Å². The van der Waals surface area contributed by atoms with E-state index >= 15 is 0 Å². The molecule has 2 heterocycles. The van der Waals surface area contributed by atoms with Gasteiger partial charge in [-0.15, -0.1) is 0 Å². The molecule has 0 saturated carbocycles. The third-order valence-corrected chi connectivity index (χ3v) is 5.77. The van der Waals surface area contributed by atoms with Gasteiger partial charge in [0.15, 0.2) is 0 Å². The predicted octanol–water partition coefficient (Wildman–Crippen LogP) is 7.27. The maximum Gasteiger partial charge on any atom is 0.0886 e. The van der Waals surface area contributed by atoms with Gasteiger partial charge < -0.3 is 0 Å². The Balaban J connectivity index is 1.65. The third-order valence-electron chi connectivity index (χ3n) is 5.77. The van der Waals surface area contributed by atoms with Crippen LogP contribution in [0, 0.1) is 0 Å². The van der Waals surface area contributed by atoms with Gasteiger partial charge in [-0.05, 0) is 56.1 Å². The van der Waals surface area contributed by atoms with Crippen LogP contribution in [0.25, 0.3) is 54.8 Å². The van der Waals surface area contributed by atoms with Crippen LogP contribution in [0.2, 0.25) is 0 Å². The van der Waals surface area contributed by atoms with Crippen molar-refractivity contribution in [3.05, 3.63) is 109 Å². The van der Waals surface area contributed by atoms with Gasteiger partial charge in [-0.3, -0.25) is 9.97 Å². The van der Waals surface area contributed by atoms with Crippen molar-refractivity contribution in [3.8, 4) is 22.5 Å². The van der Waals surface area contributed by atoms with Crippen molar-refractivity contribution in [2.24, 2.45) is 0 Å². The molecule has 0 radical (unpaired) electrons. The van der Waals surface area contributed by atoms with Gasteiger partial charge >= 0.3 is 0 Å². The lowest BCUT2D eigenvalue weighted by molar-refractivity contribution is 1.25. The minimum Gasteiger partial charge on any atom is -0.255 e. The maximum atomic E-state index is 4.71. The molecule has 0 saturated heterocycles. The maximum absolute atomic E-state index is 4.71. The van der Waals surface area contributed by atoms with Crippen LogP contribution in [0.5, 0.6) is 0 Å². The Morgan fingerprint density at radius 1 is 0.433 bits per heavy atom. The summed E-state index contributed by atoms with van der Waals surface area (Å²) in [6.45, 7) is 0. The highest BCUT2D eigenvalue weighted by Gasteiger charge is 2.12. The van der Waals surface area contributed by atoms with Crippen LogP contribution in [0.3, 0.4) is 0 Å². The van der Waals surface area contributed by atoms with Crippen LogP contribution in [-0.4, -0.2) is 9.97 Å². The lowest BCUT2D eigenvalue weighted by Gasteiger charge is -2.14. The van der Waals surface area contributed by atoms with Crippen molar-refractivity contribution in [1.29, 1.82) is 0 Å². The van der Waals surface area contributed by atoms with Crippen LogP contribution in [0.1, 0.15) is 0 Å². The third kappa shape index (κ3) is 2.58. The number of fused-ring (bicyclic) bond motifs is 6. The summed E-state index contributed by atoms with van der Waals surface area (Å²) >= 11 is 0. The molecule has 0 aliphatic carbocycles. The number of aromatic nitrogens is 2. The Morgan fingerprint density at radius 2 is 1.03 bits per heavy atom. The summed E-state index contributed by atoms with van der Waals surface area (Å²) in [4.78, 5) is 9.13. The Kier molecular flexibility index (Phi) is 3.82. The molecule has 0 aliphatic heterocycles. The first-order valence-corrected chi connectivity index (χ1v) is 10.1. The Labute approximate surface area is 174 Å². The minimum absolute atomic E-state index is 0.884. The van der Waals surface area contributed by atoms with Gasteiger partial charge in [-0.2, -0.15) is 0 Å². The molecule has 0 unspecified atom stereocenters. The number of hydrogen-bond acceptors (Lipinski definition) is 2. The highest BCUT2D eigenvalue weighted by Crippen LogP contribution is 2.39. The van der Waals surface area contributed by atoms with E-state index in [9.17, 15) is 0 Å². The molecule has 6 aromatic rings. The van der Waals surface area contributed by atoms with Crippen molar-refractivity contribution < 1.29 is 0 Å². The fraction of sp³-hybridized carbons (Fsp3) is 0. The molecule has 0 aliphatic rings. The van der Waals surface area contributed by atoms with E-state index in [0.717, 1.165) is 17.0 Å². The number of nitrogens with zero attached hydrogens (tertiary/aromatic N) is 2. The zero-order valence-electron chi connectivity index (χ0n) is 16.3. The average Bonchev–Trinajstić information content (AvgIpc) is 2.84. The summed E-state index contributed by atoms with van der Waals surface area (Å²) in [7, 11) is 0. The first-order valence-electron chi connectivity index (χ1n) is 10.1. The van der Waals surface area contributed by atoms with E-state index in [1.165, 1.54) is 37.9 Å². The van der Waals surface area contributed by atoms with Gasteiger partial charge in [-0.1, -0.05) is 78.9 Å². The average molecular weight is 382 g/mol. The van der Waals surface area contributed by atoms with Crippen LogP contribution >= 0.6 is 0 Å². The number of rotatable bonds is 2. The molecule has 0 spiro atoms. The molecule has 6 rings (SSSR count). The molecule has 0 amide bonds. The predicted molar refractivity (Wildman–Crippen MR) is 125 cm³/mol. The topological polar surface area (TPSA) is 25.8 Å². The van der Waals surface area contributed by atoms with Gasteiger partial charge in [-0.25, -0.2) is 0 Å². The van der Waals surface area contributed by atoms with Gasteiger partial charge in [0.05, 0.1) is 11.4 Å². The molecule has 0 bridgehead atoms. The normalized spacial score (nSPS) is 11.3. The smallest absolute Gasteiger partial charge is 0.0886 e. The Hall–Kier alpha value is -4.04. The monoisotopic (exact) mass is 382 g/mol. The molecule has 2 aromatic heterocycles. The van der Waals surface area contributed by atoms with Gasteiger partial charge in [0.25, 0.3) is 0 Å². The van der Waals surface area contributed by atoms with E-state index in [0.29, 0.717) is 0 Å². The first kappa shape index (κ1) is 16.9. The lowest BCUT2D eigenvalue weighted by atomic mass is 9.90. The molecular formula is C28H18N2. The quantitative estimate of drug-likeness (QED) is 0.294. The van der Waals surface area contributed by atoms with Gasteiger partial charge in [0.1, 0.15) is 0 Å². The summed E-state index contributed by atoms with van der Waals surface area (Å²) in [5, 5.41) is 7.68. The highest BCUT2D eigenvalue weighted by atomic mass is 14.8. The summed E-state index contributed by atoms with van der Waals surface area (Å²) in [6, 6.07) is 34.0. The Morgan fingerprint density at radius 3 is 1.67 bits per heavy atom. The molecule has 4 aromatic carbocycles. The standard InChI is InChI=1S/C28H18N2/c1-2-9-23-21(8-1)22-10-3-4-11-24(22)28-20(12-7-13-25(23)28)19-15-16-27(30-18-19)26-14-5-6-17-29-26/h1-18H. The van der Waals surface area contributed by atoms with Crippen LogP contribution in [0.4, 0.5) is 0 Å². The zero-order valence-corrected chi connectivity index (χ0v) is 16.3.